The molecule has 2 aliphatic rings. The highest BCUT2D eigenvalue weighted by Gasteiger charge is 2.39. The molecule has 0 aliphatic carbocycles. The molecule has 2 aromatic rings. The first kappa shape index (κ1) is 30.7. The predicted octanol–water partition coefficient (Wildman–Crippen LogP) is 0.0734. The Morgan fingerprint density at radius 1 is 1.00 bits per heavy atom. The highest BCUT2D eigenvalue weighted by Crippen LogP contribution is 2.52. The van der Waals surface area contributed by atoms with E-state index in [4.69, 9.17) is 44.1 Å². The summed E-state index contributed by atoms with van der Waals surface area (Å²) < 4.78 is 27.7. The van der Waals surface area contributed by atoms with Crippen LogP contribution < -0.4 is 23.7 Å². The molecular weight excluding hydrogens is 534 g/mol. The normalized spacial score (nSPS) is 17.9. The van der Waals surface area contributed by atoms with Gasteiger partial charge in [0, 0.05) is 17.7 Å². The number of hydrogen-bond acceptors (Lipinski definition) is 12. The van der Waals surface area contributed by atoms with Gasteiger partial charge in [-0.3, -0.25) is 4.90 Å². The van der Waals surface area contributed by atoms with E-state index in [0.717, 1.165) is 24.1 Å². The van der Waals surface area contributed by atoms with Crippen molar-refractivity contribution in [3.63, 3.8) is 0 Å². The van der Waals surface area contributed by atoms with E-state index in [9.17, 15) is 19.8 Å². The maximum absolute atomic E-state index is 11.5. The third-order valence-electron chi connectivity index (χ3n) is 6.72. The summed E-state index contributed by atoms with van der Waals surface area (Å²) in [6.07, 6.45) is -4.69. The van der Waals surface area contributed by atoms with E-state index in [2.05, 4.69) is 4.90 Å². The van der Waals surface area contributed by atoms with Gasteiger partial charge in [-0.1, -0.05) is 6.07 Å². The molecule has 2 aromatic carbocycles. The van der Waals surface area contributed by atoms with Crippen LogP contribution in [0.15, 0.2) is 18.2 Å². The summed E-state index contributed by atoms with van der Waals surface area (Å²) in [6.45, 7) is 0.593. The van der Waals surface area contributed by atoms with Gasteiger partial charge in [-0.15, -0.1) is 0 Å². The summed E-state index contributed by atoms with van der Waals surface area (Å²) >= 11 is 0. The van der Waals surface area contributed by atoms with Gasteiger partial charge in [0.1, 0.15) is 0 Å². The number of fused-ring (bicyclic) bond motifs is 2. The summed E-state index contributed by atoms with van der Waals surface area (Å²) in [6, 6.07) is 5.05. The van der Waals surface area contributed by atoms with Crippen molar-refractivity contribution in [3.05, 3.63) is 40.5 Å². The molecule has 0 fully saturated rings. The molecule has 6 N–H and O–H groups in total. The van der Waals surface area contributed by atoms with Gasteiger partial charge in [-0.25, -0.2) is 9.59 Å². The van der Waals surface area contributed by atoms with Crippen molar-refractivity contribution in [2.75, 3.05) is 41.7 Å². The van der Waals surface area contributed by atoms with Gasteiger partial charge in [0.05, 0.1) is 40.1 Å². The number of aliphatic hydroxyl groups excluding tert-OH is 4. The Balaban J connectivity index is 0.000000378. The Morgan fingerprint density at radius 2 is 1.62 bits per heavy atom. The number of carbonyl (C=O) groups is 2. The maximum atomic E-state index is 11.5. The number of hydrogen-bond donors (Lipinski definition) is 6. The molecule has 2 heterocycles. The zero-order valence-electron chi connectivity index (χ0n) is 22.4. The average molecular weight is 568 g/mol. The lowest BCUT2D eigenvalue weighted by molar-refractivity contribution is -0.165. The van der Waals surface area contributed by atoms with Gasteiger partial charge < -0.3 is 54.3 Å². The lowest BCUT2D eigenvalue weighted by Crippen LogP contribution is -2.39. The summed E-state index contributed by atoms with van der Waals surface area (Å²) in [5.41, 5.74) is 2.97. The molecule has 14 heteroatoms. The highest BCUT2D eigenvalue weighted by molar-refractivity contribution is 5.83. The number of ether oxygens (including phenoxy) is 5. The number of methoxy groups -OCH3 is 3. The molecule has 0 saturated carbocycles. The Kier molecular flexibility index (Phi) is 10.0. The van der Waals surface area contributed by atoms with Crippen LogP contribution in [0, 0.1) is 0 Å². The van der Waals surface area contributed by atoms with Crippen LogP contribution >= 0.6 is 0 Å². The topological polar surface area (TPSA) is 205 Å². The van der Waals surface area contributed by atoms with Crippen molar-refractivity contribution in [1.29, 1.82) is 0 Å². The van der Waals surface area contributed by atoms with E-state index >= 15 is 0 Å². The standard InChI is InChI=1S/C22H27NO7.C4H6O6/c1-23-8-7-12-9-16-21(30-11-29-16)22(28-4)17(12)18(23)19(25)13-5-6-15(26-2)20(27-3)14(13)10-24;5-1(3(7)8)2(6)4(9)10/h5-6,9,18-19,24-25H,7-8,10-11H2,1-4H3;1-2,5-6H,(H,7,8)(H,9,10). The van der Waals surface area contributed by atoms with E-state index in [0.29, 0.717) is 39.9 Å². The predicted molar refractivity (Wildman–Crippen MR) is 136 cm³/mol. The molecule has 4 unspecified atom stereocenters. The Hall–Kier alpha value is -3.82. The van der Waals surface area contributed by atoms with E-state index in [-0.39, 0.29) is 13.4 Å². The second-order valence-electron chi connectivity index (χ2n) is 8.93. The van der Waals surface area contributed by atoms with Crippen LogP contribution in [0.25, 0.3) is 0 Å². The summed E-state index contributed by atoms with van der Waals surface area (Å²) in [4.78, 5) is 21.6. The van der Waals surface area contributed by atoms with Crippen molar-refractivity contribution in [1.82, 2.24) is 4.90 Å². The lowest BCUT2D eigenvalue weighted by Gasteiger charge is -2.39. The Morgan fingerprint density at radius 3 is 2.15 bits per heavy atom. The van der Waals surface area contributed by atoms with Gasteiger partial charge in [0.2, 0.25) is 12.5 Å². The first-order valence-electron chi connectivity index (χ1n) is 12.1. The van der Waals surface area contributed by atoms with Crippen LogP contribution in [0.1, 0.15) is 34.4 Å². The molecule has 0 amide bonds. The number of nitrogens with zero attached hydrogens (tertiary/aromatic N) is 1. The SMILES string of the molecule is COc1ccc(C(O)C2c3c(cc4c(c3OC)OCO4)CCN2C)c(CO)c1OC.O=C(O)C(O)C(O)C(=O)O. The molecule has 14 nitrogen and oxygen atoms in total. The van der Waals surface area contributed by atoms with Crippen molar-refractivity contribution < 1.29 is 63.9 Å². The van der Waals surface area contributed by atoms with Crippen molar-refractivity contribution in [3.8, 4) is 28.7 Å². The molecule has 4 atom stereocenters. The van der Waals surface area contributed by atoms with E-state index in [1.165, 1.54) is 14.2 Å². The number of aliphatic carboxylic acids is 2. The van der Waals surface area contributed by atoms with Gasteiger partial charge in [-0.2, -0.15) is 0 Å². The quantitative estimate of drug-likeness (QED) is 0.237. The van der Waals surface area contributed by atoms with E-state index < -0.39 is 36.3 Å². The zero-order chi connectivity index (χ0) is 29.7. The third-order valence-corrected chi connectivity index (χ3v) is 6.72. The minimum absolute atomic E-state index is 0.141. The van der Waals surface area contributed by atoms with E-state index in [1.807, 2.05) is 13.1 Å². The van der Waals surface area contributed by atoms with Gasteiger partial charge >= 0.3 is 11.9 Å². The summed E-state index contributed by atoms with van der Waals surface area (Å²) in [5, 5.41) is 54.1. The molecule has 0 aromatic heterocycles. The third kappa shape index (κ3) is 5.85. The number of rotatable bonds is 9. The fourth-order valence-electron chi connectivity index (χ4n) is 4.75. The molecule has 4 rings (SSSR count). The molecule has 0 spiro atoms. The number of benzene rings is 2. The second kappa shape index (κ2) is 13.0. The molecule has 40 heavy (non-hydrogen) atoms. The smallest absolute Gasteiger partial charge is 0.335 e. The van der Waals surface area contributed by atoms with Gasteiger partial charge in [-0.05, 0) is 36.7 Å². The largest absolute Gasteiger partial charge is 0.493 e. The fourth-order valence-corrected chi connectivity index (χ4v) is 4.75. The zero-order valence-corrected chi connectivity index (χ0v) is 22.4. The van der Waals surface area contributed by atoms with Crippen LogP contribution in [-0.4, -0.2) is 101 Å². The number of carboxylic acid groups (broad SMARTS) is 2. The second-order valence-corrected chi connectivity index (χ2v) is 8.93. The van der Waals surface area contributed by atoms with Gasteiger partial charge in [0.15, 0.2) is 35.2 Å². The van der Waals surface area contributed by atoms with Gasteiger partial charge in [0.25, 0.3) is 0 Å². The average Bonchev–Trinajstić information content (AvgIpc) is 3.42. The Bertz CT molecular complexity index is 1220. The van der Waals surface area contributed by atoms with E-state index in [1.54, 1.807) is 19.2 Å². The van der Waals surface area contributed by atoms with Crippen LogP contribution in [0.3, 0.4) is 0 Å². The summed E-state index contributed by atoms with van der Waals surface area (Å²) in [5.74, 6) is -0.848. The van der Waals surface area contributed by atoms with Crippen molar-refractivity contribution >= 4 is 11.9 Å². The Labute approximate surface area is 229 Å². The number of carboxylic acids is 2. The molecule has 0 saturated heterocycles. The number of aliphatic hydroxyl groups is 4. The van der Waals surface area contributed by atoms with Crippen LogP contribution in [0.2, 0.25) is 0 Å². The molecule has 0 radical (unpaired) electrons. The minimum Gasteiger partial charge on any atom is -0.493 e. The fraction of sp³-hybridized carbons (Fsp3) is 0.462. The first-order valence-corrected chi connectivity index (χ1v) is 12.1. The van der Waals surface area contributed by atoms with Crippen LogP contribution in [0.5, 0.6) is 28.7 Å². The molecule has 0 bridgehead atoms. The minimum atomic E-state index is -2.27. The summed E-state index contributed by atoms with van der Waals surface area (Å²) in [7, 11) is 6.60. The highest BCUT2D eigenvalue weighted by atomic mass is 16.7. The monoisotopic (exact) mass is 567 g/mol. The van der Waals surface area contributed by atoms with Crippen LogP contribution in [-0.2, 0) is 22.6 Å². The van der Waals surface area contributed by atoms with Crippen molar-refractivity contribution in [2.24, 2.45) is 0 Å². The number of likely N-dealkylation sites (N-methyl/N-ethyl adjacent to an activating group) is 1. The maximum Gasteiger partial charge on any atom is 0.335 e. The molecule has 220 valence electrons. The van der Waals surface area contributed by atoms with Crippen molar-refractivity contribution in [2.45, 2.75) is 37.4 Å². The molecule has 2 aliphatic heterocycles. The lowest BCUT2D eigenvalue weighted by atomic mass is 9.84. The molecular formula is C26H33NO13. The van der Waals surface area contributed by atoms with Crippen LogP contribution in [0.4, 0.5) is 0 Å². The first-order chi connectivity index (χ1) is 19.0.